The number of nitrogens with zero attached hydrogens (tertiary/aromatic N) is 3. The van der Waals surface area contributed by atoms with Crippen LogP contribution in [0.3, 0.4) is 0 Å². The first kappa shape index (κ1) is 15.2. The van der Waals surface area contributed by atoms with E-state index in [2.05, 4.69) is 4.98 Å². The lowest BCUT2D eigenvalue weighted by atomic mass is 10.0. The molecule has 1 amide bonds. The summed E-state index contributed by atoms with van der Waals surface area (Å²) < 4.78 is 0. The van der Waals surface area contributed by atoms with Crippen molar-refractivity contribution in [2.45, 2.75) is 25.3 Å². The second-order valence-corrected chi connectivity index (χ2v) is 5.02. The number of nitro groups is 1. The van der Waals surface area contributed by atoms with Crippen LogP contribution in [0.1, 0.15) is 29.6 Å². The second kappa shape index (κ2) is 6.04. The highest BCUT2D eigenvalue weighted by molar-refractivity contribution is 6.29. The molecule has 1 N–H and O–H groups in total. The summed E-state index contributed by atoms with van der Waals surface area (Å²) in [7, 11) is 0. The normalized spacial score (nSPS) is 18.3. The average Bonchev–Trinajstić information content (AvgIpc) is 2.46. The highest BCUT2D eigenvalue weighted by atomic mass is 35.5. The number of carboxylic acids is 1. The molecule has 21 heavy (non-hydrogen) atoms. The summed E-state index contributed by atoms with van der Waals surface area (Å²) in [5, 5.41) is 20.1. The lowest BCUT2D eigenvalue weighted by Gasteiger charge is -2.32. The van der Waals surface area contributed by atoms with Crippen LogP contribution in [0.15, 0.2) is 12.3 Å². The fraction of sp³-hybridized carbons (Fsp3) is 0.417. The molecule has 0 aliphatic carbocycles. The molecular formula is C12H12ClN3O5. The number of amides is 1. The number of aliphatic carboxylic acids is 1. The van der Waals surface area contributed by atoms with Crippen LogP contribution in [0.4, 0.5) is 5.69 Å². The highest BCUT2D eigenvalue weighted by Gasteiger charge is 2.35. The predicted molar refractivity (Wildman–Crippen MR) is 72.2 cm³/mol. The van der Waals surface area contributed by atoms with Crippen LogP contribution in [0.2, 0.25) is 5.15 Å². The van der Waals surface area contributed by atoms with Gasteiger partial charge in [0.2, 0.25) is 0 Å². The van der Waals surface area contributed by atoms with Crippen molar-refractivity contribution in [2.24, 2.45) is 0 Å². The molecule has 1 aromatic rings. The summed E-state index contributed by atoms with van der Waals surface area (Å²) in [6.07, 6.45) is 2.57. The molecule has 0 bridgehead atoms. The SMILES string of the molecule is O=C(O)[C@H]1CCCCN1C(=O)c1cc(Cl)ncc1[N+](=O)[O-]. The third-order valence-electron chi connectivity index (χ3n) is 3.33. The molecule has 112 valence electrons. The number of carbonyl (C=O) groups excluding carboxylic acids is 1. The molecule has 8 nitrogen and oxygen atoms in total. The average molecular weight is 314 g/mol. The van der Waals surface area contributed by atoms with Gasteiger partial charge in [-0.2, -0.15) is 0 Å². The maximum Gasteiger partial charge on any atom is 0.326 e. The van der Waals surface area contributed by atoms with Gasteiger partial charge in [-0.05, 0) is 25.3 Å². The van der Waals surface area contributed by atoms with Crippen LogP contribution in [0.25, 0.3) is 0 Å². The molecule has 1 saturated heterocycles. The molecule has 0 unspecified atom stereocenters. The number of rotatable bonds is 3. The lowest BCUT2D eigenvalue weighted by molar-refractivity contribution is -0.385. The van der Waals surface area contributed by atoms with Gasteiger partial charge in [-0.3, -0.25) is 14.9 Å². The van der Waals surface area contributed by atoms with Gasteiger partial charge in [-0.15, -0.1) is 0 Å². The number of likely N-dealkylation sites (tertiary alicyclic amines) is 1. The standard InChI is InChI=1S/C12H12ClN3O5/c13-10-5-7(9(6-14-10)16(20)21)11(17)15-4-2-1-3-8(15)12(18)19/h5-6,8H,1-4H2,(H,18,19)/t8-/m1/s1. The van der Waals surface area contributed by atoms with Crippen molar-refractivity contribution < 1.29 is 19.6 Å². The van der Waals surface area contributed by atoms with E-state index in [4.69, 9.17) is 11.6 Å². The fourth-order valence-corrected chi connectivity index (χ4v) is 2.48. The van der Waals surface area contributed by atoms with E-state index in [1.165, 1.54) is 0 Å². The van der Waals surface area contributed by atoms with E-state index in [-0.39, 0.29) is 17.3 Å². The topological polar surface area (TPSA) is 114 Å². The van der Waals surface area contributed by atoms with Gasteiger partial charge < -0.3 is 10.0 Å². The van der Waals surface area contributed by atoms with Crippen LogP contribution < -0.4 is 0 Å². The summed E-state index contributed by atoms with van der Waals surface area (Å²) in [6.45, 7) is 0.243. The molecule has 1 aliphatic heterocycles. The van der Waals surface area contributed by atoms with Crippen molar-refractivity contribution in [1.29, 1.82) is 0 Å². The molecular weight excluding hydrogens is 302 g/mol. The van der Waals surface area contributed by atoms with Gasteiger partial charge in [-0.1, -0.05) is 11.6 Å². The number of hydrogen-bond donors (Lipinski definition) is 1. The van der Waals surface area contributed by atoms with Crippen molar-refractivity contribution in [3.05, 3.63) is 33.1 Å². The van der Waals surface area contributed by atoms with Crippen molar-refractivity contribution >= 4 is 29.2 Å². The van der Waals surface area contributed by atoms with E-state index in [0.717, 1.165) is 17.2 Å². The fourth-order valence-electron chi connectivity index (χ4n) is 2.33. The van der Waals surface area contributed by atoms with Gasteiger partial charge >= 0.3 is 5.97 Å². The van der Waals surface area contributed by atoms with Crippen LogP contribution in [0, 0.1) is 10.1 Å². The summed E-state index contributed by atoms with van der Waals surface area (Å²) >= 11 is 5.68. The largest absolute Gasteiger partial charge is 0.480 e. The monoisotopic (exact) mass is 313 g/mol. The van der Waals surface area contributed by atoms with Crippen molar-refractivity contribution in [2.75, 3.05) is 6.54 Å². The van der Waals surface area contributed by atoms with Crippen molar-refractivity contribution in [3.63, 3.8) is 0 Å². The molecule has 0 aromatic carbocycles. The molecule has 9 heteroatoms. The number of halogens is 1. The lowest BCUT2D eigenvalue weighted by Crippen LogP contribution is -2.48. The first-order valence-electron chi connectivity index (χ1n) is 6.25. The minimum Gasteiger partial charge on any atom is -0.480 e. The Morgan fingerprint density at radius 1 is 1.48 bits per heavy atom. The number of pyridine rings is 1. The van der Waals surface area contributed by atoms with Crippen LogP contribution >= 0.6 is 11.6 Å². The zero-order chi connectivity index (χ0) is 15.6. The summed E-state index contributed by atoms with van der Waals surface area (Å²) in [6, 6.07) is 0.119. The molecule has 0 saturated carbocycles. The second-order valence-electron chi connectivity index (χ2n) is 4.63. The summed E-state index contributed by atoms with van der Waals surface area (Å²) in [5.41, 5.74) is -0.729. The first-order chi connectivity index (χ1) is 9.91. The van der Waals surface area contributed by atoms with E-state index >= 15 is 0 Å². The molecule has 1 fully saturated rings. The molecule has 1 atom stereocenters. The molecule has 0 spiro atoms. The van der Waals surface area contributed by atoms with Crippen LogP contribution in [-0.2, 0) is 4.79 Å². The van der Waals surface area contributed by atoms with E-state index < -0.39 is 28.5 Å². The minimum absolute atomic E-state index is 0.0622. The number of aromatic nitrogens is 1. The summed E-state index contributed by atoms with van der Waals surface area (Å²) in [5.74, 6) is -1.83. The van der Waals surface area contributed by atoms with Gasteiger partial charge in [-0.25, -0.2) is 9.78 Å². The van der Waals surface area contributed by atoms with Gasteiger partial charge in [0.05, 0.1) is 4.92 Å². The Hall–Kier alpha value is -2.22. The van der Waals surface area contributed by atoms with Gasteiger partial charge in [0.1, 0.15) is 23.0 Å². The Morgan fingerprint density at radius 2 is 2.19 bits per heavy atom. The highest BCUT2D eigenvalue weighted by Crippen LogP contribution is 2.26. The van der Waals surface area contributed by atoms with E-state index in [0.29, 0.717) is 19.3 Å². The molecule has 0 radical (unpaired) electrons. The van der Waals surface area contributed by atoms with Crippen LogP contribution in [0.5, 0.6) is 0 Å². The maximum atomic E-state index is 12.5. The predicted octanol–water partition coefficient (Wildman–Crippen LogP) is 1.72. The molecule has 2 rings (SSSR count). The Morgan fingerprint density at radius 3 is 2.81 bits per heavy atom. The number of piperidine rings is 1. The zero-order valence-corrected chi connectivity index (χ0v) is 11.6. The Bertz CT molecular complexity index is 607. The van der Waals surface area contributed by atoms with Gasteiger partial charge in [0.15, 0.2) is 0 Å². The van der Waals surface area contributed by atoms with Gasteiger partial charge in [0, 0.05) is 6.54 Å². The number of hydrogen-bond acceptors (Lipinski definition) is 5. The van der Waals surface area contributed by atoms with Gasteiger partial charge in [0.25, 0.3) is 11.6 Å². The Balaban J connectivity index is 2.40. The number of carbonyl (C=O) groups is 2. The Kier molecular flexibility index (Phi) is 4.37. The third-order valence-corrected chi connectivity index (χ3v) is 3.53. The third kappa shape index (κ3) is 3.10. The molecule has 1 aliphatic rings. The van der Waals surface area contributed by atoms with E-state index in [9.17, 15) is 24.8 Å². The van der Waals surface area contributed by atoms with Crippen molar-refractivity contribution in [1.82, 2.24) is 9.88 Å². The zero-order valence-electron chi connectivity index (χ0n) is 10.9. The Labute approximate surface area is 124 Å². The number of carboxylic acid groups (broad SMARTS) is 1. The first-order valence-corrected chi connectivity index (χ1v) is 6.63. The van der Waals surface area contributed by atoms with Crippen molar-refractivity contribution in [3.8, 4) is 0 Å². The smallest absolute Gasteiger partial charge is 0.326 e. The van der Waals surface area contributed by atoms with Crippen LogP contribution in [-0.4, -0.2) is 44.4 Å². The summed E-state index contributed by atoms with van der Waals surface area (Å²) in [4.78, 5) is 38.6. The maximum absolute atomic E-state index is 12.5. The minimum atomic E-state index is -1.12. The van der Waals surface area contributed by atoms with E-state index in [1.807, 2.05) is 0 Å². The molecule has 2 heterocycles. The molecule has 1 aromatic heterocycles. The quantitative estimate of drug-likeness (QED) is 0.516. The van der Waals surface area contributed by atoms with E-state index in [1.54, 1.807) is 0 Å².